The summed E-state index contributed by atoms with van der Waals surface area (Å²) < 4.78 is 0. The van der Waals surface area contributed by atoms with Gasteiger partial charge in [-0.1, -0.05) is 45.9 Å². The molecule has 0 heteroatoms. The van der Waals surface area contributed by atoms with Crippen molar-refractivity contribution in [1.82, 2.24) is 0 Å². The number of rotatable bonds is 6. The van der Waals surface area contributed by atoms with Gasteiger partial charge in [-0.25, -0.2) is 0 Å². The second kappa shape index (κ2) is 6.73. The number of hydrogen-bond donors (Lipinski definition) is 0. The molecule has 0 atom stereocenters. The molecule has 0 N–H and O–H groups in total. The van der Waals surface area contributed by atoms with E-state index in [2.05, 4.69) is 52.0 Å². The maximum absolute atomic E-state index is 3.56. The number of hydrogen-bond acceptors (Lipinski definition) is 0. The van der Waals surface area contributed by atoms with Crippen molar-refractivity contribution in [2.24, 2.45) is 11.8 Å². The molecule has 0 aliphatic carbocycles. The lowest BCUT2D eigenvalue weighted by atomic mass is 9.98. The summed E-state index contributed by atoms with van der Waals surface area (Å²) in [5.41, 5.74) is 2.77. The van der Waals surface area contributed by atoms with Crippen LogP contribution in [0, 0.1) is 17.9 Å². The lowest BCUT2D eigenvalue weighted by molar-refractivity contribution is 0.581. The fourth-order valence-electron chi connectivity index (χ4n) is 1.75. The van der Waals surface area contributed by atoms with Crippen molar-refractivity contribution in [3.8, 4) is 0 Å². The Labute approximate surface area is 101 Å². The molecule has 0 fully saturated rings. The Bertz CT molecular complexity index is 269. The summed E-state index contributed by atoms with van der Waals surface area (Å²) in [6.45, 7) is 9.12. The summed E-state index contributed by atoms with van der Waals surface area (Å²) in [7, 11) is 0. The molecule has 0 aliphatic heterocycles. The molecule has 1 aromatic carbocycles. The Balaban J connectivity index is 2.50. The number of aryl methyl sites for hydroxylation is 2. The topological polar surface area (TPSA) is 0 Å². The van der Waals surface area contributed by atoms with Crippen LogP contribution in [0.4, 0.5) is 0 Å². The quantitative estimate of drug-likeness (QED) is 0.650. The van der Waals surface area contributed by atoms with Crippen LogP contribution in [0.3, 0.4) is 0 Å². The average molecular weight is 217 g/mol. The normalized spacial score (nSPS) is 11.4. The highest BCUT2D eigenvalue weighted by molar-refractivity contribution is 5.22. The minimum atomic E-state index is 0.785. The van der Waals surface area contributed by atoms with Crippen LogP contribution in [-0.2, 0) is 12.8 Å². The van der Waals surface area contributed by atoms with Crippen molar-refractivity contribution in [3.63, 3.8) is 0 Å². The predicted molar refractivity (Wildman–Crippen MR) is 71.6 cm³/mol. The molecule has 0 aromatic heterocycles. The molecule has 89 valence electrons. The first kappa shape index (κ1) is 13.3. The molecular weight excluding hydrogens is 192 g/mol. The number of benzene rings is 1. The first-order valence-corrected chi connectivity index (χ1v) is 6.58. The highest BCUT2D eigenvalue weighted by atomic mass is 14.1. The van der Waals surface area contributed by atoms with E-state index in [9.17, 15) is 0 Å². The van der Waals surface area contributed by atoms with Gasteiger partial charge in [-0.2, -0.15) is 0 Å². The van der Waals surface area contributed by atoms with Crippen LogP contribution >= 0.6 is 0 Å². The summed E-state index contributed by atoms with van der Waals surface area (Å²) in [4.78, 5) is 0. The van der Waals surface area contributed by atoms with Crippen LogP contribution in [0.1, 0.15) is 51.7 Å². The monoisotopic (exact) mass is 217 g/mol. The van der Waals surface area contributed by atoms with Gasteiger partial charge < -0.3 is 0 Å². The first-order valence-electron chi connectivity index (χ1n) is 6.58. The van der Waals surface area contributed by atoms with Crippen molar-refractivity contribution in [3.05, 3.63) is 35.4 Å². The van der Waals surface area contributed by atoms with Gasteiger partial charge in [0.25, 0.3) is 0 Å². The third-order valence-corrected chi connectivity index (χ3v) is 2.90. The molecule has 1 aromatic rings. The Hall–Kier alpha value is -0.780. The van der Waals surface area contributed by atoms with Crippen LogP contribution in [-0.4, -0.2) is 0 Å². The standard InChI is InChI=1S/C16H25/c1-13(2)8-10-15-6-5-7-16(12-15)11-9-14(3)4/h5-7,13-14H,8-11H2,1-4H3. The minimum Gasteiger partial charge on any atom is -0.0628 e. The lowest BCUT2D eigenvalue weighted by Gasteiger charge is -2.08. The van der Waals surface area contributed by atoms with Gasteiger partial charge in [-0.15, -0.1) is 0 Å². The molecule has 0 unspecified atom stereocenters. The largest absolute Gasteiger partial charge is 0.0628 e. The zero-order valence-electron chi connectivity index (χ0n) is 11.2. The van der Waals surface area contributed by atoms with Gasteiger partial charge in [0.1, 0.15) is 0 Å². The van der Waals surface area contributed by atoms with Gasteiger partial charge in [0.15, 0.2) is 0 Å². The molecule has 0 nitrogen and oxygen atoms in total. The smallest absolute Gasteiger partial charge is 0.0114 e. The maximum Gasteiger partial charge on any atom is -0.0114 e. The third-order valence-electron chi connectivity index (χ3n) is 2.90. The van der Waals surface area contributed by atoms with E-state index in [1.165, 1.54) is 36.8 Å². The van der Waals surface area contributed by atoms with Crippen molar-refractivity contribution in [2.75, 3.05) is 0 Å². The zero-order chi connectivity index (χ0) is 12.0. The Morgan fingerprint density at radius 3 is 1.69 bits per heavy atom. The van der Waals surface area contributed by atoms with E-state index in [0.717, 1.165) is 11.8 Å². The fourth-order valence-corrected chi connectivity index (χ4v) is 1.75. The van der Waals surface area contributed by atoms with Gasteiger partial charge in [-0.3, -0.25) is 0 Å². The maximum atomic E-state index is 3.56. The molecule has 0 aliphatic rings. The summed E-state index contributed by atoms with van der Waals surface area (Å²) >= 11 is 0. The second-order valence-electron chi connectivity index (χ2n) is 5.57. The Kier molecular flexibility index (Phi) is 5.59. The van der Waals surface area contributed by atoms with Crippen molar-refractivity contribution < 1.29 is 0 Å². The highest BCUT2D eigenvalue weighted by Crippen LogP contribution is 2.13. The third kappa shape index (κ3) is 5.34. The van der Waals surface area contributed by atoms with Crippen molar-refractivity contribution >= 4 is 0 Å². The predicted octanol–water partition coefficient (Wildman–Crippen LogP) is 4.66. The van der Waals surface area contributed by atoms with E-state index >= 15 is 0 Å². The van der Waals surface area contributed by atoms with Gasteiger partial charge in [-0.05, 0) is 54.7 Å². The fraction of sp³-hybridized carbons (Fsp3) is 0.625. The molecule has 0 amide bonds. The first-order chi connectivity index (χ1) is 7.58. The summed E-state index contributed by atoms with van der Waals surface area (Å²) in [5, 5.41) is 0. The van der Waals surface area contributed by atoms with Crippen molar-refractivity contribution in [2.45, 2.75) is 53.4 Å². The van der Waals surface area contributed by atoms with E-state index in [0.29, 0.717) is 0 Å². The van der Waals surface area contributed by atoms with Crippen LogP contribution < -0.4 is 0 Å². The van der Waals surface area contributed by atoms with E-state index in [-0.39, 0.29) is 0 Å². The SMILES string of the molecule is CC(C)CCc1[c]c(CCC(C)C)ccc1. The summed E-state index contributed by atoms with van der Waals surface area (Å²) in [6, 6.07) is 10.2. The van der Waals surface area contributed by atoms with Crippen LogP contribution in [0.5, 0.6) is 0 Å². The highest BCUT2D eigenvalue weighted by Gasteiger charge is 2.01. The molecule has 0 saturated heterocycles. The van der Waals surface area contributed by atoms with Gasteiger partial charge in [0.2, 0.25) is 0 Å². The molecule has 0 spiro atoms. The minimum absolute atomic E-state index is 0.785. The molecule has 16 heavy (non-hydrogen) atoms. The van der Waals surface area contributed by atoms with Crippen molar-refractivity contribution in [1.29, 1.82) is 0 Å². The lowest BCUT2D eigenvalue weighted by Crippen LogP contribution is -1.96. The van der Waals surface area contributed by atoms with Crippen LogP contribution in [0.25, 0.3) is 0 Å². The molecule has 0 bridgehead atoms. The zero-order valence-corrected chi connectivity index (χ0v) is 11.2. The molecule has 1 rings (SSSR count). The Morgan fingerprint density at radius 2 is 1.31 bits per heavy atom. The second-order valence-corrected chi connectivity index (χ2v) is 5.57. The molecular formula is C16H25. The molecule has 0 heterocycles. The van der Waals surface area contributed by atoms with E-state index in [4.69, 9.17) is 0 Å². The van der Waals surface area contributed by atoms with E-state index < -0.39 is 0 Å². The molecule has 1 radical (unpaired) electrons. The van der Waals surface area contributed by atoms with Crippen LogP contribution in [0.2, 0.25) is 0 Å². The van der Waals surface area contributed by atoms with Gasteiger partial charge in [0.05, 0.1) is 0 Å². The summed E-state index contributed by atoms with van der Waals surface area (Å²) in [6.07, 6.45) is 4.88. The summed E-state index contributed by atoms with van der Waals surface area (Å²) in [5.74, 6) is 1.57. The van der Waals surface area contributed by atoms with Crippen LogP contribution in [0.15, 0.2) is 18.2 Å². The van der Waals surface area contributed by atoms with Gasteiger partial charge >= 0.3 is 0 Å². The molecule has 0 saturated carbocycles. The van der Waals surface area contributed by atoms with E-state index in [1.807, 2.05) is 0 Å². The van der Waals surface area contributed by atoms with Gasteiger partial charge in [0, 0.05) is 0 Å². The Morgan fingerprint density at radius 1 is 0.875 bits per heavy atom. The average Bonchev–Trinajstić information content (AvgIpc) is 2.24. The van der Waals surface area contributed by atoms with E-state index in [1.54, 1.807) is 0 Å².